The van der Waals surface area contributed by atoms with Crippen LogP contribution in [0.15, 0.2) is 40.9 Å². The SMILES string of the molecule is CCNC(c1cnsn1)c1cc2ccccc2o1. The van der Waals surface area contributed by atoms with Crippen LogP contribution >= 0.6 is 11.7 Å². The van der Waals surface area contributed by atoms with E-state index in [0.717, 1.165) is 29.0 Å². The third-order valence-corrected chi connectivity index (χ3v) is 3.30. The van der Waals surface area contributed by atoms with Crippen molar-refractivity contribution in [2.45, 2.75) is 13.0 Å². The molecule has 2 heterocycles. The number of hydrogen-bond donors (Lipinski definition) is 1. The van der Waals surface area contributed by atoms with E-state index < -0.39 is 0 Å². The van der Waals surface area contributed by atoms with E-state index >= 15 is 0 Å². The van der Waals surface area contributed by atoms with Crippen LogP contribution in [-0.4, -0.2) is 15.3 Å². The number of para-hydroxylation sites is 1. The van der Waals surface area contributed by atoms with Crippen molar-refractivity contribution >= 4 is 22.7 Å². The Balaban J connectivity index is 2.04. The molecule has 0 aliphatic rings. The number of benzene rings is 1. The maximum absolute atomic E-state index is 5.88. The van der Waals surface area contributed by atoms with Gasteiger partial charge in [-0.25, -0.2) is 0 Å². The molecule has 0 bridgehead atoms. The van der Waals surface area contributed by atoms with Gasteiger partial charge in [-0.3, -0.25) is 0 Å². The molecule has 0 aliphatic heterocycles. The number of nitrogens with zero attached hydrogens (tertiary/aromatic N) is 2. The molecule has 1 N–H and O–H groups in total. The van der Waals surface area contributed by atoms with Crippen LogP contribution in [0, 0.1) is 0 Å². The van der Waals surface area contributed by atoms with Gasteiger partial charge in [-0.2, -0.15) is 8.75 Å². The van der Waals surface area contributed by atoms with Gasteiger partial charge in [0.25, 0.3) is 0 Å². The van der Waals surface area contributed by atoms with Crippen LogP contribution in [0.4, 0.5) is 0 Å². The molecule has 4 nitrogen and oxygen atoms in total. The Morgan fingerprint density at radius 1 is 1.39 bits per heavy atom. The number of aromatic nitrogens is 2. The van der Waals surface area contributed by atoms with Crippen molar-refractivity contribution < 1.29 is 4.42 Å². The van der Waals surface area contributed by atoms with Gasteiger partial charge in [0.05, 0.1) is 23.6 Å². The molecule has 1 atom stereocenters. The van der Waals surface area contributed by atoms with Crippen LogP contribution in [-0.2, 0) is 0 Å². The summed E-state index contributed by atoms with van der Waals surface area (Å²) in [7, 11) is 0. The lowest BCUT2D eigenvalue weighted by Crippen LogP contribution is -2.21. The van der Waals surface area contributed by atoms with Gasteiger partial charge in [0.1, 0.15) is 17.4 Å². The Kier molecular flexibility index (Phi) is 3.08. The molecule has 0 amide bonds. The summed E-state index contributed by atoms with van der Waals surface area (Å²) in [6, 6.07) is 10.0. The summed E-state index contributed by atoms with van der Waals surface area (Å²) in [6.07, 6.45) is 1.78. The number of hydrogen-bond acceptors (Lipinski definition) is 5. The first-order valence-corrected chi connectivity index (χ1v) is 6.61. The van der Waals surface area contributed by atoms with Crippen molar-refractivity contribution in [3.05, 3.63) is 48.0 Å². The van der Waals surface area contributed by atoms with Crippen molar-refractivity contribution in [2.75, 3.05) is 6.54 Å². The summed E-state index contributed by atoms with van der Waals surface area (Å²) in [4.78, 5) is 0. The molecule has 2 aromatic heterocycles. The fraction of sp³-hybridized carbons (Fsp3) is 0.231. The Morgan fingerprint density at radius 2 is 2.28 bits per heavy atom. The zero-order valence-corrected chi connectivity index (χ0v) is 10.8. The van der Waals surface area contributed by atoms with Gasteiger partial charge in [-0.05, 0) is 18.7 Å². The van der Waals surface area contributed by atoms with Gasteiger partial charge >= 0.3 is 0 Å². The van der Waals surface area contributed by atoms with Crippen molar-refractivity contribution in [2.24, 2.45) is 0 Å². The van der Waals surface area contributed by atoms with Gasteiger partial charge in [-0.15, -0.1) is 0 Å². The molecule has 0 saturated carbocycles. The highest BCUT2D eigenvalue weighted by Gasteiger charge is 2.19. The lowest BCUT2D eigenvalue weighted by Gasteiger charge is -2.11. The van der Waals surface area contributed by atoms with E-state index in [1.807, 2.05) is 24.3 Å². The average Bonchev–Trinajstić information content (AvgIpc) is 3.04. The van der Waals surface area contributed by atoms with E-state index in [9.17, 15) is 0 Å². The molecule has 1 unspecified atom stereocenters. The molecule has 3 aromatic rings. The number of fused-ring (bicyclic) bond motifs is 1. The number of rotatable bonds is 4. The molecule has 0 saturated heterocycles. The van der Waals surface area contributed by atoms with E-state index in [4.69, 9.17) is 4.42 Å². The molecule has 0 spiro atoms. The van der Waals surface area contributed by atoms with Gasteiger partial charge < -0.3 is 9.73 Å². The molecule has 18 heavy (non-hydrogen) atoms. The minimum atomic E-state index is -0.0267. The summed E-state index contributed by atoms with van der Waals surface area (Å²) in [5.41, 5.74) is 1.81. The summed E-state index contributed by atoms with van der Waals surface area (Å²) >= 11 is 1.21. The topological polar surface area (TPSA) is 51.0 Å². The van der Waals surface area contributed by atoms with Crippen molar-refractivity contribution in [3.8, 4) is 0 Å². The molecular formula is C13H13N3OS. The van der Waals surface area contributed by atoms with Gasteiger partial charge in [0.15, 0.2) is 0 Å². The minimum absolute atomic E-state index is 0.0267. The van der Waals surface area contributed by atoms with Gasteiger partial charge in [0, 0.05) is 5.39 Å². The first-order chi connectivity index (χ1) is 8.88. The summed E-state index contributed by atoms with van der Waals surface area (Å²) in [6.45, 7) is 2.91. The first kappa shape index (κ1) is 11.4. The Bertz CT molecular complexity index is 600. The maximum atomic E-state index is 5.88. The molecule has 5 heteroatoms. The molecule has 1 aromatic carbocycles. The zero-order chi connectivity index (χ0) is 12.4. The lowest BCUT2D eigenvalue weighted by atomic mass is 10.1. The molecule has 0 aliphatic carbocycles. The smallest absolute Gasteiger partial charge is 0.134 e. The first-order valence-electron chi connectivity index (χ1n) is 5.88. The number of nitrogens with one attached hydrogen (secondary N) is 1. The Labute approximate surface area is 109 Å². The van der Waals surface area contributed by atoms with Gasteiger partial charge in [0.2, 0.25) is 0 Å². The third kappa shape index (κ3) is 2.02. The molecule has 0 radical (unpaired) electrons. The van der Waals surface area contributed by atoms with Crippen molar-refractivity contribution in [3.63, 3.8) is 0 Å². The monoisotopic (exact) mass is 259 g/mol. The average molecular weight is 259 g/mol. The van der Waals surface area contributed by atoms with Crippen LogP contribution in [0.5, 0.6) is 0 Å². The molecule has 92 valence electrons. The van der Waals surface area contributed by atoms with Crippen molar-refractivity contribution in [1.29, 1.82) is 0 Å². The highest BCUT2D eigenvalue weighted by Crippen LogP contribution is 2.27. The standard InChI is InChI=1S/C13H13N3OS/c1-2-14-13(10-8-15-18-16-10)12-7-9-5-3-4-6-11(9)17-12/h3-8,13-14H,2H2,1H3. The molecule has 3 rings (SSSR count). The fourth-order valence-electron chi connectivity index (χ4n) is 2.00. The van der Waals surface area contributed by atoms with Crippen LogP contribution in [0.2, 0.25) is 0 Å². The third-order valence-electron chi connectivity index (χ3n) is 2.81. The Hall–Kier alpha value is -1.72. The van der Waals surface area contributed by atoms with E-state index in [1.54, 1.807) is 6.20 Å². The Morgan fingerprint density at radius 3 is 3.00 bits per heavy atom. The quantitative estimate of drug-likeness (QED) is 0.782. The van der Waals surface area contributed by atoms with Crippen LogP contribution < -0.4 is 5.32 Å². The van der Waals surface area contributed by atoms with Crippen molar-refractivity contribution in [1.82, 2.24) is 14.1 Å². The summed E-state index contributed by atoms with van der Waals surface area (Å²) < 4.78 is 14.2. The predicted octanol–water partition coefficient (Wildman–Crippen LogP) is 2.98. The van der Waals surface area contributed by atoms with Crippen LogP contribution in [0.25, 0.3) is 11.0 Å². The normalized spacial score (nSPS) is 12.9. The highest BCUT2D eigenvalue weighted by atomic mass is 32.1. The van der Waals surface area contributed by atoms with E-state index in [-0.39, 0.29) is 6.04 Å². The molecular weight excluding hydrogens is 246 g/mol. The zero-order valence-electron chi connectivity index (χ0n) is 9.96. The molecule has 0 fully saturated rings. The van der Waals surface area contributed by atoms with E-state index in [1.165, 1.54) is 11.7 Å². The van der Waals surface area contributed by atoms with Crippen LogP contribution in [0.1, 0.15) is 24.4 Å². The van der Waals surface area contributed by atoms with Gasteiger partial charge in [-0.1, -0.05) is 25.1 Å². The second-order valence-electron chi connectivity index (χ2n) is 4.01. The summed E-state index contributed by atoms with van der Waals surface area (Å²) in [5, 5.41) is 4.48. The fourth-order valence-corrected chi connectivity index (χ4v) is 2.45. The highest BCUT2D eigenvalue weighted by molar-refractivity contribution is 6.99. The second kappa shape index (κ2) is 4.88. The van der Waals surface area contributed by atoms with E-state index in [0.29, 0.717) is 0 Å². The predicted molar refractivity (Wildman–Crippen MR) is 71.6 cm³/mol. The summed E-state index contributed by atoms with van der Waals surface area (Å²) in [5.74, 6) is 0.880. The second-order valence-corrected chi connectivity index (χ2v) is 4.57. The minimum Gasteiger partial charge on any atom is -0.459 e. The number of furan rings is 1. The van der Waals surface area contributed by atoms with Crippen LogP contribution in [0.3, 0.4) is 0 Å². The lowest BCUT2D eigenvalue weighted by molar-refractivity contribution is 0.473. The van der Waals surface area contributed by atoms with E-state index in [2.05, 4.69) is 27.1 Å². The largest absolute Gasteiger partial charge is 0.459 e. The maximum Gasteiger partial charge on any atom is 0.134 e.